The first-order valence-electron chi connectivity index (χ1n) is 7.18. The highest BCUT2D eigenvalue weighted by Gasteiger charge is 2.47. The van der Waals surface area contributed by atoms with E-state index >= 15 is 0 Å². The summed E-state index contributed by atoms with van der Waals surface area (Å²) in [7, 11) is 0. The monoisotopic (exact) mass is 296 g/mol. The van der Waals surface area contributed by atoms with Gasteiger partial charge in [-0.3, -0.25) is 4.79 Å². The summed E-state index contributed by atoms with van der Waals surface area (Å²) in [5, 5.41) is 22.3. The molecule has 1 aliphatic carbocycles. The predicted molar refractivity (Wildman–Crippen MR) is 78.8 cm³/mol. The highest BCUT2D eigenvalue weighted by molar-refractivity contribution is 5.94. The molecule has 1 amide bonds. The van der Waals surface area contributed by atoms with E-state index in [0.29, 0.717) is 16.9 Å². The minimum atomic E-state index is -1.16. The van der Waals surface area contributed by atoms with Crippen molar-refractivity contribution in [2.24, 2.45) is 5.92 Å². The SMILES string of the molecule is N#Cc1ccc(C(=O)NC[C@@](O)(c2ccco2)C2CC2)cc1. The molecule has 5 heteroatoms. The van der Waals surface area contributed by atoms with Gasteiger partial charge in [0.2, 0.25) is 0 Å². The van der Waals surface area contributed by atoms with Crippen molar-refractivity contribution in [2.75, 3.05) is 6.54 Å². The number of carbonyl (C=O) groups excluding carboxylic acids is 1. The molecule has 2 aromatic rings. The van der Waals surface area contributed by atoms with Crippen molar-refractivity contribution in [3.63, 3.8) is 0 Å². The third kappa shape index (κ3) is 2.74. The third-order valence-electron chi connectivity index (χ3n) is 4.00. The van der Waals surface area contributed by atoms with Gasteiger partial charge in [-0.05, 0) is 55.2 Å². The average molecular weight is 296 g/mol. The Hall–Kier alpha value is -2.58. The van der Waals surface area contributed by atoms with E-state index < -0.39 is 5.60 Å². The molecule has 3 rings (SSSR count). The highest BCUT2D eigenvalue weighted by atomic mass is 16.4. The summed E-state index contributed by atoms with van der Waals surface area (Å²) < 4.78 is 5.33. The van der Waals surface area contributed by atoms with Crippen LogP contribution in [0.2, 0.25) is 0 Å². The van der Waals surface area contributed by atoms with Crippen molar-refractivity contribution in [3.8, 4) is 6.07 Å². The van der Waals surface area contributed by atoms with Gasteiger partial charge in [0.15, 0.2) is 0 Å². The van der Waals surface area contributed by atoms with Gasteiger partial charge in [-0.15, -0.1) is 0 Å². The lowest BCUT2D eigenvalue weighted by Gasteiger charge is -2.26. The number of benzene rings is 1. The summed E-state index contributed by atoms with van der Waals surface area (Å²) in [5.41, 5.74) is -0.204. The van der Waals surface area contributed by atoms with E-state index in [1.54, 1.807) is 36.4 Å². The molecule has 1 atom stereocenters. The first kappa shape index (κ1) is 14.4. The normalized spacial score (nSPS) is 16.5. The van der Waals surface area contributed by atoms with E-state index in [1.807, 2.05) is 6.07 Å². The lowest BCUT2D eigenvalue weighted by Crippen LogP contribution is -2.42. The number of nitrogens with one attached hydrogen (secondary N) is 1. The van der Waals surface area contributed by atoms with Gasteiger partial charge >= 0.3 is 0 Å². The molecule has 1 aromatic heterocycles. The van der Waals surface area contributed by atoms with Crippen molar-refractivity contribution in [1.82, 2.24) is 5.32 Å². The summed E-state index contributed by atoms with van der Waals surface area (Å²) in [4.78, 5) is 12.2. The molecule has 0 saturated heterocycles. The first-order valence-corrected chi connectivity index (χ1v) is 7.18. The molecule has 1 aromatic carbocycles. The summed E-state index contributed by atoms with van der Waals surface area (Å²) >= 11 is 0. The van der Waals surface area contributed by atoms with Crippen molar-refractivity contribution >= 4 is 5.91 Å². The zero-order valence-electron chi connectivity index (χ0n) is 12.0. The number of amides is 1. The van der Waals surface area contributed by atoms with Crippen molar-refractivity contribution < 1.29 is 14.3 Å². The summed E-state index contributed by atoms with van der Waals surface area (Å²) in [6.45, 7) is 0.101. The second kappa shape index (κ2) is 5.66. The van der Waals surface area contributed by atoms with Gasteiger partial charge in [0.25, 0.3) is 5.91 Å². The van der Waals surface area contributed by atoms with Crippen LogP contribution < -0.4 is 5.32 Å². The summed E-state index contributed by atoms with van der Waals surface area (Å²) in [6.07, 6.45) is 3.36. The largest absolute Gasteiger partial charge is 0.466 e. The molecule has 112 valence electrons. The summed E-state index contributed by atoms with van der Waals surface area (Å²) in [6, 6.07) is 11.8. The molecule has 1 saturated carbocycles. The van der Waals surface area contributed by atoms with E-state index in [9.17, 15) is 9.90 Å². The van der Waals surface area contributed by atoms with Crippen LogP contribution in [-0.4, -0.2) is 17.6 Å². The Balaban J connectivity index is 1.70. The van der Waals surface area contributed by atoms with E-state index in [-0.39, 0.29) is 18.4 Å². The number of nitriles is 1. The van der Waals surface area contributed by atoms with Crippen LogP contribution in [0.4, 0.5) is 0 Å². The molecule has 1 fully saturated rings. The van der Waals surface area contributed by atoms with Gasteiger partial charge in [0.1, 0.15) is 11.4 Å². The number of aliphatic hydroxyl groups is 1. The number of furan rings is 1. The minimum absolute atomic E-state index is 0.101. The van der Waals surface area contributed by atoms with Crippen LogP contribution in [0.25, 0.3) is 0 Å². The van der Waals surface area contributed by atoms with E-state index in [1.165, 1.54) is 6.26 Å². The Bertz CT molecular complexity index is 697. The second-order valence-electron chi connectivity index (χ2n) is 5.55. The lowest BCUT2D eigenvalue weighted by molar-refractivity contribution is -0.00610. The molecule has 0 bridgehead atoms. The minimum Gasteiger partial charge on any atom is -0.466 e. The molecule has 0 spiro atoms. The molecular weight excluding hydrogens is 280 g/mol. The Morgan fingerprint density at radius 1 is 1.36 bits per heavy atom. The van der Waals surface area contributed by atoms with E-state index in [2.05, 4.69) is 5.32 Å². The standard InChI is InChI=1S/C17H16N2O3/c18-10-12-3-5-13(6-4-12)16(20)19-11-17(21,14-7-8-14)15-2-1-9-22-15/h1-6,9,14,21H,7-8,11H2,(H,19,20)/t17-/m0/s1. The fraction of sp³-hybridized carbons (Fsp3) is 0.294. The Morgan fingerprint density at radius 3 is 2.64 bits per heavy atom. The van der Waals surface area contributed by atoms with Crippen LogP contribution in [-0.2, 0) is 5.60 Å². The van der Waals surface area contributed by atoms with Gasteiger partial charge in [-0.1, -0.05) is 0 Å². The molecule has 1 aliphatic rings. The maximum atomic E-state index is 12.2. The fourth-order valence-corrected chi connectivity index (χ4v) is 2.53. The van der Waals surface area contributed by atoms with Crippen LogP contribution in [0.1, 0.15) is 34.5 Å². The molecule has 22 heavy (non-hydrogen) atoms. The van der Waals surface area contributed by atoms with Crippen molar-refractivity contribution in [1.29, 1.82) is 5.26 Å². The van der Waals surface area contributed by atoms with Gasteiger partial charge in [-0.25, -0.2) is 0 Å². The van der Waals surface area contributed by atoms with Crippen LogP contribution in [0, 0.1) is 17.2 Å². The molecule has 5 nitrogen and oxygen atoms in total. The number of carbonyl (C=O) groups is 1. The Labute approximate surface area is 128 Å². The Morgan fingerprint density at radius 2 is 2.09 bits per heavy atom. The zero-order valence-corrected chi connectivity index (χ0v) is 12.0. The quantitative estimate of drug-likeness (QED) is 0.885. The van der Waals surface area contributed by atoms with Gasteiger partial charge in [0.05, 0.1) is 24.4 Å². The number of hydrogen-bond donors (Lipinski definition) is 2. The highest BCUT2D eigenvalue weighted by Crippen LogP contribution is 2.45. The maximum Gasteiger partial charge on any atom is 0.251 e. The van der Waals surface area contributed by atoms with Crippen molar-refractivity contribution in [2.45, 2.75) is 18.4 Å². The maximum absolute atomic E-state index is 12.2. The molecule has 1 heterocycles. The van der Waals surface area contributed by atoms with E-state index in [0.717, 1.165) is 12.8 Å². The van der Waals surface area contributed by atoms with E-state index in [4.69, 9.17) is 9.68 Å². The molecular formula is C17H16N2O3. The summed E-state index contributed by atoms with van der Waals surface area (Å²) in [5.74, 6) is 0.310. The van der Waals surface area contributed by atoms with Crippen LogP contribution >= 0.6 is 0 Å². The topological polar surface area (TPSA) is 86.3 Å². The smallest absolute Gasteiger partial charge is 0.251 e. The number of rotatable bonds is 5. The average Bonchev–Trinajstić information content (AvgIpc) is 3.27. The predicted octanol–water partition coefficient (Wildman–Crippen LogP) is 2.18. The van der Waals surface area contributed by atoms with Crippen molar-refractivity contribution in [3.05, 3.63) is 59.5 Å². The lowest BCUT2D eigenvalue weighted by atomic mass is 9.94. The van der Waals surface area contributed by atoms with Crippen LogP contribution in [0.5, 0.6) is 0 Å². The number of hydrogen-bond acceptors (Lipinski definition) is 4. The second-order valence-corrected chi connectivity index (χ2v) is 5.55. The van der Waals surface area contributed by atoms with Crippen LogP contribution in [0.3, 0.4) is 0 Å². The van der Waals surface area contributed by atoms with Gasteiger partial charge < -0.3 is 14.8 Å². The Kier molecular flexibility index (Phi) is 3.70. The molecule has 0 aliphatic heterocycles. The molecule has 0 radical (unpaired) electrons. The molecule has 2 N–H and O–H groups in total. The van der Waals surface area contributed by atoms with Crippen LogP contribution in [0.15, 0.2) is 47.1 Å². The zero-order chi connectivity index (χ0) is 15.6. The number of nitrogens with zero attached hydrogens (tertiary/aromatic N) is 1. The first-order chi connectivity index (χ1) is 10.6. The molecule has 0 unspecified atom stereocenters. The van der Waals surface area contributed by atoms with Gasteiger partial charge in [0, 0.05) is 5.56 Å². The third-order valence-corrected chi connectivity index (χ3v) is 4.00. The fourth-order valence-electron chi connectivity index (χ4n) is 2.53. The van der Waals surface area contributed by atoms with Gasteiger partial charge in [-0.2, -0.15) is 5.26 Å².